The number of nitrogens with zero attached hydrogens (tertiary/aromatic N) is 2. The van der Waals surface area contributed by atoms with Gasteiger partial charge in [-0.25, -0.2) is 8.42 Å². The molecule has 0 unspecified atom stereocenters. The zero-order valence-corrected chi connectivity index (χ0v) is 14.5. The summed E-state index contributed by atoms with van der Waals surface area (Å²) < 4.78 is 37.0. The van der Waals surface area contributed by atoms with Crippen LogP contribution in [-0.2, 0) is 27.8 Å². The van der Waals surface area contributed by atoms with Crippen molar-refractivity contribution >= 4 is 10.0 Å². The van der Waals surface area contributed by atoms with Crippen LogP contribution in [0.4, 0.5) is 0 Å². The van der Waals surface area contributed by atoms with Gasteiger partial charge in [-0.2, -0.15) is 9.57 Å². The molecular weight excluding hydrogens is 342 g/mol. The van der Waals surface area contributed by atoms with Gasteiger partial charge in [0, 0.05) is 19.6 Å². The summed E-state index contributed by atoms with van der Waals surface area (Å²) >= 11 is 0. The van der Waals surface area contributed by atoms with E-state index < -0.39 is 10.0 Å². The number of ether oxygens (including phenoxy) is 1. The van der Waals surface area contributed by atoms with Crippen molar-refractivity contribution in [3.05, 3.63) is 53.5 Å². The highest BCUT2D eigenvalue weighted by molar-refractivity contribution is 7.89. The maximum absolute atomic E-state index is 12.5. The average molecular weight is 361 g/mol. The minimum atomic E-state index is -3.46. The molecule has 2 aromatic rings. The van der Waals surface area contributed by atoms with Gasteiger partial charge >= 0.3 is 0 Å². The van der Waals surface area contributed by atoms with Gasteiger partial charge in [0.05, 0.1) is 24.7 Å². The molecule has 25 heavy (non-hydrogen) atoms. The van der Waals surface area contributed by atoms with Crippen molar-refractivity contribution in [1.29, 1.82) is 5.26 Å². The van der Waals surface area contributed by atoms with E-state index in [1.165, 1.54) is 4.31 Å². The van der Waals surface area contributed by atoms with Gasteiger partial charge in [-0.1, -0.05) is 12.1 Å². The molecule has 1 fully saturated rings. The van der Waals surface area contributed by atoms with E-state index >= 15 is 0 Å². The fraction of sp³-hybridized carbons (Fsp3) is 0.353. The molecule has 132 valence electrons. The Morgan fingerprint density at radius 2 is 1.80 bits per heavy atom. The largest absolute Gasteiger partial charge is 0.449 e. The summed E-state index contributed by atoms with van der Waals surface area (Å²) in [5.74, 6) is 0.970. The van der Waals surface area contributed by atoms with Crippen LogP contribution in [0, 0.1) is 11.3 Å². The molecule has 2 heterocycles. The molecule has 0 bridgehead atoms. The number of nitriles is 1. The summed E-state index contributed by atoms with van der Waals surface area (Å²) in [6.45, 7) is 2.71. The zero-order chi connectivity index (χ0) is 17.7. The quantitative estimate of drug-likeness (QED) is 0.837. The minimum absolute atomic E-state index is 0.287. The van der Waals surface area contributed by atoms with Crippen molar-refractivity contribution in [2.45, 2.75) is 18.0 Å². The van der Waals surface area contributed by atoms with E-state index in [-0.39, 0.29) is 5.76 Å². The molecule has 1 aromatic heterocycles. The summed E-state index contributed by atoms with van der Waals surface area (Å²) in [5, 5.41) is 11.9. The smallest absolute Gasteiger partial charge is 0.243 e. The Morgan fingerprint density at radius 1 is 1.08 bits per heavy atom. The average Bonchev–Trinajstić information content (AvgIpc) is 3.11. The highest BCUT2D eigenvalue weighted by Gasteiger charge is 2.25. The summed E-state index contributed by atoms with van der Waals surface area (Å²) in [4.78, 5) is 0.294. The van der Waals surface area contributed by atoms with Crippen molar-refractivity contribution in [2.75, 3.05) is 26.3 Å². The molecule has 0 atom stereocenters. The Balaban J connectivity index is 1.57. The van der Waals surface area contributed by atoms with Gasteiger partial charge in [0.25, 0.3) is 0 Å². The van der Waals surface area contributed by atoms with E-state index in [0.717, 1.165) is 5.56 Å². The fourth-order valence-electron chi connectivity index (χ4n) is 2.58. The molecule has 0 radical (unpaired) electrons. The number of rotatable bonds is 6. The predicted octanol–water partition coefficient (Wildman–Crippen LogP) is 1.46. The molecule has 1 N–H and O–H groups in total. The Morgan fingerprint density at radius 3 is 2.44 bits per heavy atom. The van der Waals surface area contributed by atoms with Crippen LogP contribution in [0.1, 0.15) is 17.1 Å². The maximum Gasteiger partial charge on any atom is 0.243 e. The third-order valence-corrected chi connectivity index (χ3v) is 5.84. The molecule has 1 saturated heterocycles. The predicted molar refractivity (Wildman–Crippen MR) is 90.0 cm³/mol. The molecule has 3 rings (SSSR count). The number of hydrogen-bond acceptors (Lipinski definition) is 6. The lowest BCUT2D eigenvalue weighted by atomic mass is 10.2. The number of nitrogens with one attached hydrogen (secondary N) is 1. The van der Waals surface area contributed by atoms with Crippen LogP contribution in [0.2, 0.25) is 0 Å². The molecule has 1 aliphatic heterocycles. The van der Waals surface area contributed by atoms with Gasteiger partial charge in [0.1, 0.15) is 11.8 Å². The SMILES string of the molecule is N#Cc1ccc(CNCc2ccc(S(=O)(=O)N3CCOCC3)cc2)o1. The Labute approximate surface area is 146 Å². The van der Waals surface area contributed by atoms with Crippen LogP contribution in [0.5, 0.6) is 0 Å². The van der Waals surface area contributed by atoms with Crippen LogP contribution in [0.25, 0.3) is 0 Å². The monoisotopic (exact) mass is 361 g/mol. The van der Waals surface area contributed by atoms with Crippen molar-refractivity contribution < 1.29 is 17.6 Å². The van der Waals surface area contributed by atoms with E-state index in [4.69, 9.17) is 14.4 Å². The number of hydrogen-bond donors (Lipinski definition) is 1. The number of furan rings is 1. The minimum Gasteiger partial charge on any atom is -0.449 e. The molecule has 1 aliphatic rings. The van der Waals surface area contributed by atoms with Crippen molar-refractivity contribution in [3.8, 4) is 6.07 Å². The molecular formula is C17H19N3O4S. The lowest BCUT2D eigenvalue weighted by Gasteiger charge is -2.26. The maximum atomic E-state index is 12.5. The summed E-state index contributed by atoms with van der Waals surface area (Å²) in [6.07, 6.45) is 0. The van der Waals surface area contributed by atoms with Crippen LogP contribution >= 0.6 is 0 Å². The highest BCUT2D eigenvalue weighted by Crippen LogP contribution is 2.17. The fourth-order valence-corrected chi connectivity index (χ4v) is 3.99. The first-order valence-electron chi connectivity index (χ1n) is 7.96. The van der Waals surface area contributed by atoms with Gasteiger partial charge in [-0.3, -0.25) is 0 Å². The second-order valence-electron chi connectivity index (χ2n) is 5.64. The normalized spacial score (nSPS) is 15.8. The lowest BCUT2D eigenvalue weighted by molar-refractivity contribution is 0.0730. The van der Waals surface area contributed by atoms with Gasteiger partial charge < -0.3 is 14.5 Å². The first-order chi connectivity index (χ1) is 12.1. The molecule has 0 amide bonds. The first kappa shape index (κ1) is 17.6. The Bertz CT molecular complexity index is 847. The number of morpholine rings is 1. The number of sulfonamides is 1. The van der Waals surface area contributed by atoms with E-state index in [0.29, 0.717) is 50.0 Å². The van der Waals surface area contributed by atoms with Crippen molar-refractivity contribution in [1.82, 2.24) is 9.62 Å². The van der Waals surface area contributed by atoms with Crippen LogP contribution in [0.15, 0.2) is 45.7 Å². The van der Waals surface area contributed by atoms with E-state index in [2.05, 4.69) is 5.32 Å². The Kier molecular flexibility index (Phi) is 5.50. The molecule has 0 saturated carbocycles. The lowest BCUT2D eigenvalue weighted by Crippen LogP contribution is -2.40. The van der Waals surface area contributed by atoms with E-state index in [1.807, 2.05) is 6.07 Å². The second-order valence-corrected chi connectivity index (χ2v) is 7.58. The Hall–Kier alpha value is -2.18. The van der Waals surface area contributed by atoms with Gasteiger partial charge in [-0.05, 0) is 29.8 Å². The summed E-state index contributed by atoms with van der Waals surface area (Å²) in [6, 6.07) is 12.2. The van der Waals surface area contributed by atoms with E-state index in [1.54, 1.807) is 36.4 Å². The van der Waals surface area contributed by atoms with Crippen LogP contribution < -0.4 is 5.32 Å². The first-order valence-corrected chi connectivity index (χ1v) is 9.40. The van der Waals surface area contributed by atoms with Crippen molar-refractivity contribution in [2.24, 2.45) is 0 Å². The van der Waals surface area contributed by atoms with E-state index in [9.17, 15) is 8.42 Å². The van der Waals surface area contributed by atoms with Crippen LogP contribution in [-0.4, -0.2) is 39.0 Å². The van der Waals surface area contributed by atoms with Gasteiger partial charge in [-0.15, -0.1) is 0 Å². The molecule has 8 heteroatoms. The second kappa shape index (κ2) is 7.80. The van der Waals surface area contributed by atoms with Gasteiger partial charge in [0.15, 0.2) is 0 Å². The van der Waals surface area contributed by atoms with Crippen molar-refractivity contribution in [3.63, 3.8) is 0 Å². The summed E-state index contributed by atoms with van der Waals surface area (Å²) in [7, 11) is -3.46. The summed E-state index contributed by atoms with van der Waals surface area (Å²) in [5.41, 5.74) is 0.966. The zero-order valence-electron chi connectivity index (χ0n) is 13.6. The third-order valence-electron chi connectivity index (χ3n) is 3.93. The third kappa shape index (κ3) is 4.27. The molecule has 0 aliphatic carbocycles. The highest BCUT2D eigenvalue weighted by atomic mass is 32.2. The molecule has 7 nitrogen and oxygen atoms in total. The molecule has 1 aromatic carbocycles. The standard InChI is InChI=1S/C17H19N3O4S/c18-11-15-3-4-16(24-15)13-19-12-14-1-5-17(6-2-14)25(21,22)20-7-9-23-10-8-20/h1-6,19H,7-10,12-13H2. The van der Waals surface area contributed by atoms with Gasteiger partial charge in [0.2, 0.25) is 15.8 Å². The molecule has 0 spiro atoms. The number of benzene rings is 1. The van der Waals surface area contributed by atoms with Crippen LogP contribution in [0.3, 0.4) is 0 Å². The topological polar surface area (TPSA) is 95.6 Å².